The number of benzene rings is 1. The van der Waals surface area contributed by atoms with Gasteiger partial charge < -0.3 is 4.74 Å². The van der Waals surface area contributed by atoms with Gasteiger partial charge in [0.05, 0.1) is 5.60 Å². The molecule has 0 aliphatic carbocycles. The van der Waals surface area contributed by atoms with Crippen molar-refractivity contribution in [3.8, 4) is 0 Å². The number of hydrogen-bond donors (Lipinski definition) is 0. The van der Waals surface area contributed by atoms with Gasteiger partial charge in [-0.2, -0.15) is 0 Å². The van der Waals surface area contributed by atoms with Crippen molar-refractivity contribution in [3.05, 3.63) is 35.9 Å². The summed E-state index contributed by atoms with van der Waals surface area (Å²) >= 11 is 0. The fourth-order valence-corrected chi connectivity index (χ4v) is 3.16. The topological polar surface area (TPSA) is 9.23 Å². The van der Waals surface area contributed by atoms with Crippen molar-refractivity contribution in [2.75, 3.05) is 7.11 Å². The Morgan fingerprint density at radius 1 is 0.909 bits per heavy atom. The van der Waals surface area contributed by atoms with Crippen LogP contribution in [-0.4, -0.2) is 12.7 Å². The van der Waals surface area contributed by atoms with Crippen LogP contribution in [0.15, 0.2) is 30.3 Å². The molecule has 0 N–H and O–H groups in total. The van der Waals surface area contributed by atoms with Crippen LogP contribution in [0.3, 0.4) is 0 Å². The molecule has 1 atom stereocenters. The highest BCUT2D eigenvalue weighted by molar-refractivity contribution is 5.14. The van der Waals surface area contributed by atoms with Crippen molar-refractivity contribution >= 4 is 0 Å². The molecule has 0 fully saturated rings. The Labute approximate surface area is 138 Å². The lowest BCUT2D eigenvalue weighted by Crippen LogP contribution is -2.33. The number of methoxy groups -OCH3 is 1. The summed E-state index contributed by atoms with van der Waals surface area (Å²) < 4.78 is 5.78. The molecule has 0 aromatic heterocycles. The van der Waals surface area contributed by atoms with Gasteiger partial charge in [0.1, 0.15) is 0 Å². The van der Waals surface area contributed by atoms with E-state index in [2.05, 4.69) is 51.1 Å². The van der Waals surface area contributed by atoms with Gasteiger partial charge in [0.15, 0.2) is 0 Å². The first-order chi connectivity index (χ1) is 10.6. The van der Waals surface area contributed by atoms with Gasteiger partial charge in [0.25, 0.3) is 0 Å². The molecule has 0 aliphatic heterocycles. The van der Waals surface area contributed by atoms with Gasteiger partial charge in [0, 0.05) is 7.11 Å². The fourth-order valence-electron chi connectivity index (χ4n) is 3.16. The van der Waals surface area contributed by atoms with E-state index in [0.29, 0.717) is 5.92 Å². The number of aryl methyl sites for hydroxylation is 1. The summed E-state index contributed by atoms with van der Waals surface area (Å²) in [6, 6.07) is 10.8. The molecular weight excluding hydrogens is 268 g/mol. The predicted octanol–water partition coefficient (Wildman–Crippen LogP) is 6.41. The van der Waals surface area contributed by atoms with E-state index in [4.69, 9.17) is 4.74 Å². The van der Waals surface area contributed by atoms with Crippen molar-refractivity contribution in [2.45, 2.75) is 84.2 Å². The first-order valence-electron chi connectivity index (χ1n) is 9.19. The Bertz CT molecular complexity index is 369. The lowest BCUT2D eigenvalue weighted by Gasteiger charge is -2.33. The van der Waals surface area contributed by atoms with E-state index in [-0.39, 0.29) is 5.60 Å². The van der Waals surface area contributed by atoms with Crippen LogP contribution in [0.5, 0.6) is 0 Å². The number of rotatable bonds is 12. The van der Waals surface area contributed by atoms with Crippen LogP contribution in [0.2, 0.25) is 0 Å². The molecule has 126 valence electrons. The van der Waals surface area contributed by atoms with Crippen LogP contribution in [0, 0.1) is 5.92 Å². The second-order valence-electron chi connectivity index (χ2n) is 7.09. The van der Waals surface area contributed by atoms with E-state index >= 15 is 0 Å². The van der Waals surface area contributed by atoms with Crippen LogP contribution in [0.1, 0.15) is 77.7 Å². The molecule has 1 nitrogen and oxygen atoms in total. The third-order valence-corrected chi connectivity index (χ3v) is 5.04. The summed E-state index contributed by atoms with van der Waals surface area (Å²) in [5.41, 5.74) is 1.43. The van der Waals surface area contributed by atoms with E-state index in [0.717, 1.165) is 6.42 Å². The quantitative estimate of drug-likeness (QED) is 0.405. The maximum Gasteiger partial charge on any atom is 0.0650 e. The second kappa shape index (κ2) is 10.8. The van der Waals surface area contributed by atoms with Gasteiger partial charge in [-0.3, -0.25) is 0 Å². The van der Waals surface area contributed by atoms with Gasteiger partial charge in [-0.15, -0.1) is 0 Å². The lowest BCUT2D eigenvalue weighted by molar-refractivity contribution is -0.0343. The highest BCUT2D eigenvalue weighted by Gasteiger charge is 2.28. The van der Waals surface area contributed by atoms with Crippen molar-refractivity contribution in [3.63, 3.8) is 0 Å². The first kappa shape index (κ1) is 19.2. The minimum absolute atomic E-state index is 0.0157. The molecule has 0 saturated heterocycles. The van der Waals surface area contributed by atoms with Crippen LogP contribution < -0.4 is 0 Å². The van der Waals surface area contributed by atoms with Crippen molar-refractivity contribution in [2.24, 2.45) is 5.92 Å². The maximum atomic E-state index is 5.78. The highest BCUT2D eigenvalue weighted by atomic mass is 16.5. The predicted molar refractivity (Wildman–Crippen MR) is 97.3 cm³/mol. The van der Waals surface area contributed by atoms with E-state index in [1.807, 2.05) is 7.11 Å². The third-order valence-electron chi connectivity index (χ3n) is 5.04. The molecular formula is C21H36O. The Kier molecular flexibility index (Phi) is 9.47. The zero-order valence-corrected chi connectivity index (χ0v) is 15.2. The molecule has 1 rings (SSSR count). The first-order valence-corrected chi connectivity index (χ1v) is 9.19. The average Bonchev–Trinajstić information content (AvgIpc) is 2.54. The summed E-state index contributed by atoms with van der Waals surface area (Å²) in [5.74, 6) is 0.642. The van der Waals surface area contributed by atoms with Gasteiger partial charge in [0.2, 0.25) is 0 Å². The summed E-state index contributed by atoms with van der Waals surface area (Å²) in [5, 5.41) is 0. The van der Waals surface area contributed by atoms with Crippen LogP contribution in [0.4, 0.5) is 0 Å². The molecule has 0 saturated carbocycles. The lowest BCUT2D eigenvalue weighted by atomic mass is 9.82. The summed E-state index contributed by atoms with van der Waals surface area (Å²) in [6.07, 6.45) is 11.9. The summed E-state index contributed by atoms with van der Waals surface area (Å²) in [4.78, 5) is 0. The molecule has 0 bridgehead atoms. The molecule has 22 heavy (non-hydrogen) atoms. The van der Waals surface area contributed by atoms with Crippen molar-refractivity contribution in [1.29, 1.82) is 0 Å². The largest absolute Gasteiger partial charge is 0.379 e. The Hall–Kier alpha value is -0.820. The molecule has 0 aliphatic rings. The SMILES string of the molecule is CCCCCCCCC(CCc1ccccc1)C(C)(C)OC. The normalized spacial score (nSPS) is 13.3. The molecule has 0 radical (unpaired) electrons. The minimum Gasteiger partial charge on any atom is -0.379 e. The number of unbranched alkanes of at least 4 members (excludes halogenated alkanes) is 5. The molecule has 1 unspecified atom stereocenters. The van der Waals surface area contributed by atoms with Crippen molar-refractivity contribution < 1.29 is 4.74 Å². The van der Waals surface area contributed by atoms with Gasteiger partial charge in [-0.05, 0) is 44.6 Å². The molecule has 1 aromatic rings. The minimum atomic E-state index is -0.0157. The van der Waals surface area contributed by atoms with Crippen molar-refractivity contribution in [1.82, 2.24) is 0 Å². The monoisotopic (exact) mass is 304 g/mol. The van der Waals surface area contributed by atoms with Crippen LogP contribution in [-0.2, 0) is 11.2 Å². The Balaban J connectivity index is 2.40. The van der Waals surface area contributed by atoms with E-state index < -0.39 is 0 Å². The third kappa shape index (κ3) is 7.45. The molecule has 1 heteroatoms. The number of hydrogen-bond acceptors (Lipinski definition) is 1. The average molecular weight is 305 g/mol. The van der Waals surface area contributed by atoms with E-state index in [1.165, 1.54) is 56.9 Å². The maximum absolute atomic E-state index is 5.78. The van der Waals surface area contributed by atoms with Crippen LogP contribution >= 0.6 is 0 Å². The summed E-state index contributed by atoms with van der Waals surface area (Å²) in [7, 11) is 1.86. The van der Waals surface area contributed by atoms with E-state index in [9.17, 15) is 0 Å². The zero-order chi connectivity index (χ0) is 16.3. The standard InChI is InChI=1S/C21H36O/c1-5-6-7-8-9-13-16-20(21(2,3)22-4)18-17-19-14-11-10-12-15-19/h10-12,14-15,20H,5-9,13,16-18H2,1-4H3. The van der Waals surface area contributed by atoms with E-state index in [1.54, 1.807) is 0 Å². The Morgan fingerprint density at radius 3 is 2.18 bits per heavy atom. The Morgan fingerprint density at radius 2 is 1.55 bits per heavy atom. The second-order valence-corrected chi connectivity index (χ2v) is 7.09. The smallest absolute Gasteiger partial charge is 0.0650 e. The molecule has 0 spiro atoms. The highest BCUT2D eigenvalue weighted by Crippen LogP contribution is 2.30. The molecule has 1 aromatic carbocycles. The molecule has 0 amide bonds. The fraction of sp³-hybridized carbons (Fsp3) is 0.714. The zero-order valence-electron chi connectivity index (χ0n) is 15.2. The van der Waals surface area contributed by atoms with Gasteiger partial charge in [-0.25, -0.2) is 0 Å². The summed E-state index contributed by atoms with van der Waals surface area (Å²) in [6.45, 7) is 6.78. The van der Waals surface area contributed by atoms with Gasteiger partial charge >= 0.3 is 0 Å². The van der Waals surface area contributed by atoms with Crippen LogP contribution in [0.25, 0.3) is 0 Å². The molecule has 0 heterocycles. The van der Waals surface area contributed by atoms with Gasteiger partial charge in [-0.1, -0.05) is 75.8 Å². The number of ether oxygens (including phenoxy) is 1.